The van der Waals surface area contributed by atoms with Crippen LogP contribution in [0.15, 0.2) is 30.5 Å². The van der Waals surface area contributed by atoms with Crippen molar-refractivity contribution in [2.75, 3.05) is 5.32 Å². The molecular weight excluding hydrogens is 293 g/mol. The van der Waals surface area contributed by atoms with Gasteiger partial charge in [-0.15, -0.1) is 11.3 Å². The largest absolute Gasteiger partial charge is 0.443 e. The van der Waals surface area contributed by atoms with Crippen molar-refractivity contribution >= 4 is 22.9 Å². The third-order valence-electron chi connectivity index (χ3n) is 3.00. The minimum atomic E-state index is -4.60. The first-order valence-electron chi connectivity index (χ1n) is 5.50. The minimum absolute atomic E-state index is 0.160. The second kappa shape index (κ2) is 4.03. The molecule has 8 heteroatoms. The molecule has 1 aliphatic heterocycles. The van der Waals surface area contributed by atoms with Crippen LogP contribution in [-0.2, 0) is 16.6 Å². The van der Waals surface area contributed by atoms with E-state index in [1.54, 1.807) is 18.2 Å². The third kappa shape index (κ3) is 1.72. The van der Waals surface area contributed by atoms with Gasteiger partial charge in [0.2, 0.25) is 5.60 Å². The van der Waals surface area contributed by atoms with E-state index in [2.05, 4.69) is 10.3 Å². The van der Waals surface area contributed by atoms with Gasteiger partial charge in [0.1, 0.15) is 0 Å². The van der Waals surface area contributed by atoms with Crippen LogP contribution in [0.1, 0.15) is 15.4 Å². The maximum absolute atomic E-state index is 12.6. The highest BCUT2D eigenvalue weighted by Crippen LogP contribution is 2.44. The molecule has 0 bridgehead atoms. The van der Waals surface area contributed by atoms with E-state index in [-0.39, 0.29) is 21.8 Å². The molecule has 3 rings (SSSR count). The monoisotopic (exact) mass is 300 g/mol. The van der Waals surface area contributed by atoms with Gasteiger partial charge < -0.3 is 10.4 Å². The van der Waals surface area contributed by atoms with E-state index in [1.807, 2.05) is 0 Å². The number of para-hydroxylation sites is 1. The van der Waals surface area contributed by atoms with E-state index >= 15 is 0 Å². The number of halogens is 3. The Morgan fingerprint density at radius 3 is 2.65 bits per heavy atom. The molecular formula is C12H7F3N2O2S. The van der Waals surface area contributed by atoms with Crippen LogP contribution in [0, 0.1) is 0 Å². The number of benzene rings is 1. The van der Waals surface area contributed by atoms with Crippen molar-refractivity contribution in [3.8, 4) is 0 Å². The van der Waals surface area contributed by atoms with Gasteiger partial charge in [-0.05, 0) is 6.07 Å². The molecule has 0 saturated carbocycles. The standard InChI is InChI=1S/C12H7F3N2O2S/c13-12(14,15)10-16-5-8(20-10)11(19)6-3-1-2-4-7(6)17-9(11)18/h1-5,19H,(H,17,18). The zero-order valence-corrected chi connectivity index (χ0v) is 10.5. The van der Waals surface area contributed by atoms with Gasteiger partial charge in [0.25, 0.3) is 5.91 Å². The molecule has 1 amide bonds. The lowest BCUT2D eigenvalue weighted by atomic mass is 9.94. The van der Waals surface area contributed by atoms with Gasteiger partial charge in [-0.25, -0.2) is 4.98 Å². The molecule has 0 saturated heterocycles. The molecule has 0 spiro atoms. The Labute approximate surface area is 114 Å². The van der Waals surface area contributed by atoms with Crippen molar-refractivity contribution in [1.82, 2.24) is 4.98 Å². The van der Waals surface area contributed by atoms with Crippen LogP contribution in [0.4, 0.5) is 18.9 Å². The third-order valence-corrected chi connectivity index (χ3v) is 4.15. The summed E-state index contributed by atoms with van der Waals surface area (Å²) in [5.41, 5.74) is -1.53. The van der Waals surface area contributed by atoms with Crippen LogP contribution in [0.2, 0.25) is 0 Å². The summed E-state index contributed by atoms with van der Waals surface area (Å²) in [5, 5.41) is 11.9. The number of carbonyl (C=O) groups excluding carboxylic acids is 1. The first-order valence-corrected chi connectivity index (χ1v) is 6.32. The SMILES string of the molecule is O=C1Nc2ccccc2C1(O)c1cnc(C(F)(F)F)s1. The van der Waals surface area contributed by atoms with E-state index < -0.39 is 22.7 Å². The summed E-state index contributed by atoms with van der Waals surface area (Å²) >= 11 is 0.256. The van der Waals surface area contributed by atoms with Crippen molar-refractivity contribution in [3.05, 3.63) is 45.9 Å². The van der Waals surface area contributed by atoms with Crippen LogP contribution in [0.25, 0.3) is 0 Å². The average Bonchev–Trinajstić information content (AvgIpc) is 2.95. The number of anilines is 1. The average molecular weight is 300 g/mol. The van der Waals surface area contributed by atoms with Gasteiger partial charge in [-0.2, -0.15) is 13.2 Å². The molecule has 4 nitrogen and oxygen atoms in total. The number of carbonyl (C=O) groups is 1. The number of aromatic nitrogens is 1. The molecule has 1 aromatic carbocycles. The maximum atomic E-state index is 12.6. The van der Waals surface area contributed by atoms with Gasteiger partial charge >= 0.3 is 6.18 Å². The molecule has 0 aliphatic carbocycles. The van der Waals surface area contributed by atoms with E-state index in [4.69, 9.17) is 0 Å². The second-order valence-electron chi connectivity index (χ2n) is 4.24. The lowest BCUT2D eigenvalue weighted by molar-refractivity contribution is -0.137. The zero-order valence-electron chi connectivity index (χ0n) is 9.73. The predicted octanol–water partition coefficient (Wildman–Crippen LogP) is 2.35. The molecule has 104 valence electrons. The Kier molecular flexibility index (Phi) is 2.63. The molecule has 20 heavy (non-hydrogen) atoms. The topological polar surface area (TPSA) is 62.2 Å². The number of hydrogen-bond acceptors (Lipinski definition) is 4. The molecule has 2 aromatic rings. The number of alkyl halides is 3. The lowest BCUT2D eigenvalue weighted by Gasteiger charge is -2.18. The normalized spacial score (nSPS) is 21.7. The van der Waals surface area contributed by atoms with E-state index in [0.29, 0.717) is 5.69 Å². The van der Waals surface area contributed by atoms with Gasteiger partial charge in [-0.1, -0.05) is 18.2 Å². The summed E-state index contributed by atoms with van der Waals surface area (Å²) in [4.78, 5) is 15.0. The number of thiazole rings is 1. The second-order valence-corrected chi connectivity index (χ2v) is 5.27. The molecule has 1 aliphatic rings. The first-order chi connectivity index (χ1) is 9.33. The fourth-order valence-corrected chi connectivity index (χ4v) is 2.94. The number of fused-ring (bicyclic) bond motifs is 1. The van der Waals surface area contributed by atoms with Crippen molar-refractivity contribution in [3.63, 3.8) is 0 Å². The number of nitrogens with zero attached hydrogens (tertiary/aromatic N) is 1. The highest BCUT2D eigenvalue weighted by Gasteiger charge is 2.49. The number of amides is 1. The van der Waals surface area contributed by atoms with Crippen molar-refractivity contribution in [2.45, 2.75) is 11.8 Å². The molecule has 1 atom stereocenters. The molecule has 0 fully saturated rings. The van der Waals surface area contributed by atoms with E-state index in [1.165, 1.54) is 6.07 Å². The Bertz CT molecular complexity index is 698. The summed E-state index contributed by atoms with van der Waals surface area (Å²) in [7, 11) is 0. The highest BCUT2D eigenvalue weighted by molar-refractivity contribution is 7.12. The smallest absolute Gasteiger partial charge is 0.371 e. The van der Waals surface area contributed by atoms with Gasteiger partial charge in [0, 0.05) is 17.4 Å². The summed E-state index contributed by atoms with van der Waals surface area (Å²) in [6, 6.07) is 6.30. The first kappa shape index (κ1) is 13.1. The van der Waals surface area contributed by atoms with Gasteiger partial charge in [0.15, 0.2) is 5.01 Å². The molecule has 2 heterocycles. The fourth-order valence-electron chi connectivity index (χ4n) is 2.06. The Hall–Kier alpha value is -1.93. The molecule has 0 radical (unpaired) electrons. The maximum Gasteiger partial charge on any atom is 0.443 e. The minimum Gasteiger partial charge on any atom is -0.371 e. The fraction of sp³-hybridized carbons (Fsp3) is 0.167. The van der Waals surface area contributed by atoms with Crippen LogP contribution in [-0.4, -0.2) is 16.0 Å². The lowest BCUT2D eigenvalue weighted by Crippen LogP contribution is -2.34. The van der Waals surface area contributed by atoms with E-state index in [9.17, 15) is 23.1 Å². The van der Waals surface area contributed by atoms with Crippen LogP contribution in [0.3, 0.4) is 0 Å². The van der Waals surface area contributed by atoms with Crippen LogP contribution >= 0.6 is 11.3 Å². The van der Waals surface area contributed by atoms with E-state index in [0.717, 1.165) is 6.20 Å². The number of aliphatic hydroxyl groups is 1. The highest BCUT2D eigenvalue weighted by atomic mass is 32.1. The number of nitrogens with one attached hydrogen (secondary N) is 1. The van der Waals surface area contributed by atoms with Gasteiger partial charge in [0.05, 0.1) is 4.88 Å². The van der Waals surface area contributed by atoms with Crippen LogP contribution in [0.5, 0.6) is 0 Å². The Balaban J connectivity index is 2.13. The molecule has 2 N–H and O–H groups in total. The summed E-state index contributed by atoms with van der Waals surface area (Å²) in [6.45, 7) is 0. The van der Waals surface area contributed by atoms with Gasteiger partial charge in [-0.3, -0.25) is 4.79 Å². The Morgan fingerprint density at radius 2 is 2.00 bits per heavy atom. The molecule has 1 aromatic heterocycles. The zero-order chi connectivity index (χ0) is 14.5. The predicted molar refractivity (Wildman–Crippen MR) is 65.2 cm³/mol. The van der Waals surface area contributed by atoms with Crippen LogP contribution < -0.4 is 5.32 Å². The van der Waals surface area contributed by atoms with Crippen molar-refractivity contribution < 1.29 is 23.1 Å². The summed E-state index contributed by atoms with van der Waals surface area (Å²) < 4.78 is 37.7. The quantitative estimate of drug-likeness (QED) is 0.850. The van der Waals surface area contributed by atoms with Crippen molar-refractivity contribution in [2.24, 2.45) is 0 Å². The number of rotatable bonds is 1. The summed E-state index contributed by atoms with van der Waals surface area (Å²) in [6.07, 6.45) is -3.72. The van der Waals surface area contributed by atoms with Crippen molar-refractivity contribution in [1.29, 1.82) is 0 Å². The summed E-state index contributed by atoms with van der Waals surface area (Å²) in [5.74, 6) is -0.781. The molecule has 1 unspecified atom stereocenters. The Morgan fingerprint density at radius 1 is 1.30 bits per heavy atom. The number of hydrogen-bond donors (Lipinski definition) is 2.